The van der Waals surface area contributed by atoms with Crippen LogP contribution >= 0.6 is 0 Å². The maximum atomic E-state index is 12.5. The molecule has 3 aromatic carbocycles. The molecule has 0 spiro atoms. The van der Waals surface area contributed by atoms with Crippen molar-refractivity contribution in [1.29, 1.82) is 0 Å². The van der Waals surface area contributed by atoms with Crippen LogP contribution in [-0.4, -0.2) is 69.7 Å². The molecule has 0 fully saturated rings. The molecule has 4 amide bonds. The number of aromatic nitrogens is 4. The molecule has 0 saturated carbocycles. The minimum Gasteiger partial charge on any atom is -0.355 e. The van der Waals surface area contributed by atoms with Crippen LogP contribution in [0, 0.1) is 0 Å². The van der Waals surface area contributed by atoms with Gasteiger partial charge in [0.15, 0.2) is 0 Å². The summed E-state index contributed by atoms with van der Waals surface area (Å²) in [5.41, 5.74) is 5.65. The third-order valence-electron chi connectivity index (χ3n) is 6.49. The summed E-state index contributed by atoms with van der Waals surface area (Å²) in [5.74, 6) is 0.576. The molecule has 12 heteroatoms. The van der Waals surface area contributed by atoms with E-state index in [1.54, 1.807) is 36.4 Å². The zero-order valence-corrected chi connectivity index (χ0v) is 23.1. The third-order valence-corrected chi connectivity index (χ3v) is 6.49. The first kappa shape index (κ1) is 28.0. The summed E-state index contributed by atoms with van der Waals surface area (Å²) in [6.45, 7) is 4.25. The van der Waals surface area contributed by atoms with Gasteiger partial charge in [0.2, 0.25) is 11.8 Å². The number of hydrogen-bond acceptors (Lipinski definition) is 6. The second-order valence-electron chi connectivity index (χ2n) is 9.69. The van der Waals surface area contributed by atoms with E-state index in [9.17, 15) is 19.2 Å². The second kappa shape index (κ2) is 12.3. The third kappa shape index (κ3) is 6.61. The zero-order valence-electron chi connectivity index (χ0n) is 23.1. The molecule has 214 valence electrons. The maximum Gasteiger partial charge on any atom is 0.251 e. The Hall–Kier alpha value is -5.52. The lowest BCUT2D eigenvalue weighted by molar-refractivity contribution is -0.119. The quantitative estimate of drug-likeness (QED) is 0.142. The molecule has 2 heterocycles. The second-order valence-corrected chi connectivity index (χ2v) is 9.69. The Morgan fingerprint density at radius 1 is 0.571 bits per heavy atom. The number of H-pyrrole nitrogens is 2. The van der Waals surface area contributed by atoms with Gasteiger partial charge in [-0.05, 0) is 36.4 Å². The number of imidazole rings is 2. The number of carbonyl (C=O) groups excluding carboxylic acids is 4. The van der Waals surface area contributed by atoms with Crippen molar-refractivity contribution in [2.24, 2.45) is 0 Å². The molecule has 0 bridgehead atoms. The number of nitrogens with one attached hydrogen (secondary N) is 6. The van der Waals surface area contributed by atoms with Crippen LogP contribution in [0.2, 0.25) is 0 Å². The molecule has 5 rings (SSSR count). The number of nitrogens with zero attached hydrogens (tertiary/aromatic N) is 2. The minimum atomic E-state index is -0.233. The molecule has 5 aromatic rings. The number of benzene rings is 3. The van der Waals surface area contributed by atoms with Crippen molar-refractivity contribution >= 4 is 45.7 Å². The normalized spacial score (nSPS) is 10.9. The number of aromatic amines is 2. The zero-order chi connectivity index (χ0) is 29.6. The van der Waals surface area contributed by atoms with E-state index in [2.05, 4.69) is 41.2 Å². The number of rotatable bonds is 10. The van der Waals surface area contributed by atoms with Crippen LogP contribution in [0.1, 0.15) is 34.6 Å². The number of fused-ring (bicyclic) bond motifs is 2. The standard InChI is InChI=1S/C30H30N8O4/c1-17(39)31-11-13-33-29(41)21-7-9-23-25(15-21)37-27(35-23)19-3-5-20(6-4-19)28-36-24-10-8-22(16-26(24)38-28)30(42)34-14-12-32-18(2)40/h3-10,15-16H,11-14H2,1-2H3,(H,31,39)(H,32,40)(H,33,41)(H,34,42)(H,35,37)(H,36,38). The lowest BCUT2D eigenvalue weighted by Gasteiger charge is -2.05. The summed E-state index contributed by atoms with van der Waals surface area (Å²) in [7, 11) is 0. The van der Waals surface area contributed by atoms with Gasteiger partial charge in [-0.25, -0.2) is 9.97 Å². The largest absolute Gasteiger partial charge is 0.355 e. The van der Waals surface area contributed by atoms with Gasteiger partial charge in [-0.2, -0.15) is 0 Å². The number of carbonyl (C=O) groups is 4. The Bertz CT molecular complexity index is 1660. The average molecular weight is 567 g/mol. The summed E-state index contributed by atoms with van der Waals surface area (Å²) < 4.78 is 0. The lowest BCUT2D eigenvalue weighted by atomic mass is 10.1. The summed E-state index contributed by atoms with van der Waals surface area (Å²) in [6, 6.07) is 18.2. The van der Waals surface area contributed by atoms with Crippen LogP contribution in [0.4, 0.5) is 0 Å². The smallest absolute Gasteiger partial charge is 0.251 e. The predicted octanol–water partition coefficient (Wildman–Crippen LogP) is 2.50. The fraction of sp³-hybridized carbons (Fsp3) is 0.200. The van der Waals surface area contributed by atoms with Crippen LogP contribution < -0.4 is 21.3 Å². The highest BCUT2D eigenvalue weighted by Crippen LogP contribution is 2.26. The number of amides is 4. The predicted molar refractivity (Wildman–Crippen MR) is 159 cm³/mol. The van der Waals surface area contributed by atoms with Gasteiger partial charge in [-0.15, -0.1) is 0 Å². The first-order valence-electron chi connectivity index (χ1n) is 13.4. The topological polar surface area (TPSA) is 174 Å². The maximum absolute atomic E-state index is 12.5. The molecule has 0 atom stereocenters. The van der Waals surface area contributed by atoms with Crippen molar-refractivity contribution in [1.82, 2.24) is 41.2 Å². The van der Waals surface area contributed by atoms with Crippen molar-refractivity contribution in [3.05, 3.63) is 71.8 Å². The van der Waals surface area contributed by atoms with Gasteiger partial charge in [0, 0.05) is 62.3 Å². The highest BCUT2D eigenvalue weighted by atomic mass is 16.2. The monoisotopic (exact) mass is 566 g/mol. The summed E-state index contributed by atoms with van der Waals surface area (Å²) in [5, 5.41) is 10.8. The Kier molecular flexibility index (Phi) is 8.23. The van der Waals surface area contributed by atoms with Crippen LogP contribution in [0.5, 0.6) is 0 Å². The summed E-state index contributed by atoms with van der Waals surface area (Å²) >= 11 is 0. The Morgan fingerprint density at radius 3 is 1.33 bits per heavy atom. The van der Waals surface area contributed by atoms with Gasteiger partial charge >= 0.3 is 0 Å². The van der Waals surface area contributed by atoms with Gasteiger partial charge < -0.3 is 31.2 Å². The molecular formula is C30H30N8O4. The van der Waals surface area contributed by atoms with Gasteiger partial charge in [0.1, 0.15) is 11.6 Å². The van der Waals surface area contributed by atoms with Crippen LogP contribution in [-0.2, 0) is 9.59 Å². The lowest BCUT2D eigenvalue weighted by Crippen LogP contribution is -2.33. The number of hydrogen-bond donors (Lipinski definition) is 6. The van der Waals surface area contributed by atoms with E-state index >= 15 is 0 Å². The molecule has 0 aliphatic heterocycles. The van der Waals surface area contributed by atoms with E-state index in [0.29, 0.717) is 49.0 Å². The van der Waals surface area contributed by atoms with E-state index in [0.717, 1.165) is 33.2 Å². The molecule has 2 aromatic heterocycles. The van der Waals surface area contributed by atoms with E-state index in [1.807, 2.05) is 24.3 Å². The molecule has 6 N–H and O–H groups in total. The molecule has 0 saturated heterocycles. The minimum absolute atomic E-state index is 0.144. The van der Waals surface area contributed by atoms with Crippen LogP contribution in [0.25, 0.3) is 44.8 Å². The van der Waals surface area contributed by atoms with Gasteiger partial charge in [-0.1, -0.05) is 24.3 Å². The molecule has 12 nitrogen and oxygen atoms in total. The van der Waals surface area contributed by atoms with Crippen LogP contribution in [0.3, 0.4) is 0 Å². The Morgan fingerprint density at radius 2 is 0.952 bits per heavy atom. The van der Waals surface area contributed by atoms with E-state index in [1.165, 1.54) is 13.8 Å². The molecule has 0 unspecified atom stereocenters. The highest BCUT2D eigenvalue weighted by molar-refractivity contribution is 5.98. The molecule has 0 radical (unpaired) electrons. The van der Waals surface area contributed by atoms with Gasteiger partial charge in [0.05, 0.1) is 22.1 Å². The Labute approximate surface area is 240 Å². The van der Waals surface area contributed by atoms with Gasteiger partial charge in [0.25, 0.3) is 11.8 Å². The van der Waals surface area contributed by atoms with E-state index in [-0.39, 0.29) is 23.6 Å². The summed E-state index contributed by atoms with van der Waals surface area (Å²) in [4.78, 5) is 62.8. The van der Waals surface area contributed by atoms with Crippen molar-refractivity contribution in [2.45, 2.75) is 13.8 Å². The summed E-state index contributed by atoms with van der Waals surface area (Å²) in [6.07, 6.45) is 0. The first-order chi connectivity index (χ1) is 20.3. The van der Waals surface area contributed by atoms with E-state index < -0.39 is 0 Å². The van der Waals surface area contributed by atoms with Crippen molar-refractivity contribution < 1.29 is 19.2 Å². The highest BCUT2D eigenvalue weighted by Gasteiger charge is 2.13. The average Bonchev–Trinajstić information content (AvgIpc) is 3.61. The Balaban J connectivity index is 1.26. The van der Waals surface area contributed by atoms with E-state index in [4.69, 9.17) is 0 Å². The van der Waals surface area contributed by atoms with Crippen LogP contribution in [0.15, 0.2) is 60.7 Å². The first-order valence-corrected chi connectivity index (χ1v) is 13.4. The molecule has 0 aliphatic carbocycles. The van der Waals surface area contributed by atoms with Crippen molar-refractivity contribution in [3.63, 3.8) is 0 Å². The molecule has 42 heavy (non-hydrogen) atoms. The van der Waals surface area contributed by atoms with Gasteiger partial charge in [-0.3, -0.25) is 19.2 Å². The van der Waals surface area contributed by atoms with Crippen molar-refractivity contribution in [2.75, 3.05) is 26.2 Å². The molecule has 0 aliphatic rings. The fourth-order valence-electron chi connectivity index (χ4n) is 4.39. The SMILES string of the molecule is CC(=O)NCCNC(=O)c1ccc2nc(-c3ccc(-c4nc5ccc(C(=O)NCCNC(C)=O)cc5[nH]4)cc3)[nH]c2c1. The van der Waals surface area contributed by atoms with Crippen molar-refractivity contribution in [3.8, 4) is 22.8 Å². The fourth-order valence-corrected chi connectivity index (χ4v) is 4.39. The molecular weight excluding hydrogens is 536 g/mol.